The predicted octanol–water partition coefficient (Wildman–Crippen LogP) is 12.2. The predicted molar refractivity (Wildman–Crippen MR) is 211 cm³/mol. The van der Waals surface area contributed by atoms with Gasteiger partial charge in [-0.1, -0.05) is 0 Å². The molecular weight excluding hydrogens is 814 g/mol. The summed E-state index contributed by atoms with van der Waals surface area (Å²) in [5, 5.41) is 0. The summed E-state index contributed by atoms with van der Waals surface area (Å²) in [5.74, 6) is 0. The molecule has 242 valence electrons. The molecule has 2 aliphatic rings. The van der Waals surface area contributed by atoms with E-state index in [2.05, 4.69) is 170 Å². The molecule has 0 saturated carbocycles. The molecule has 0 unspecified atom stereocenters. The third kappa shape index (κ3) is 6.76. The maximum atomic E-state index is 5.71. The molecule has 0 N–H and O–H groups in total. The zero-order chi connectivity index (χ0) is 31.5. The van der Waals surface area contributed by atoms with Crippen molar-refractivity contribution in [3.63, 3.8) is 0 Å². The number of fused-ring (bicyclic) bond motifs is 3. The molecular formula is C41H46Br2Cl2Zr. The van der Waals surface area contributed by atoms with E-state index >= 15 is 0 Å². The monoisotopic (exact) mass is 856 g/mol. The van der Waals surface area contributed by atoms with Crippen molar-refractivity contribution >= 4 is 64.2 Å². The van der Waals surface area contributed by atoms with Gasteiger partial charge in [0.1, 0.15) is 0 Å². The summed E-state index contributed by atoms with van der Waals surface area (Å²) in [6, 6.07) is 30.1. The molecule has 0 atom stereocenters. The van der Waals surface area contributed by atoms with Gasteiger partial charge in [-0.15, -0.1) is 24.8 Å². The van der Waals surface area contributed by atoms with Crippen LogP contribution in [0.2, 0.25) is 0 Å². The summed E-state index contributed by atoms with van der Waals surface area (Å²) in [6.45, 7) is 14.1. The summed E-state index contributed by atoms with van der Waals surface area (Å²) in [4.78, 5) is 0. The van der Waals surface area contributed by atoms with Crippen LogP contribution in [-0.2, 0) is 43.8 Å². The number of hydrogen-bond donors (Lipinski definition) is 0. The molecule has 0 radical (unpaired) electrons. The Morgan fingerprint density at radius 1 is 0.696 bits per heavy atom. The van der Waals surface area contributed by atoms with Crippen LogP contribution in [0.25, 0.3) is 11.1 Å². The fourth-order valence-corrected chi connectivity index (χ4v) is 25.6. The molecule has 0 amide bonds. The van der Waals surface area contributed by atoms with E-state index in [1.165, 1.54) is 53.5 Å². The van der Waals surface area contributed by atoms with E-state index in [4.69, 9.17) is 4.21 Å². The molecule has 0 heterocycles. The van der Waals surface area contributed by atoms with E-state index < -0.39 is 18.3 Å². The van der Waals surface area contributed by atoms with Crippen molar-refractivity contribution in [2.75, 3.05) is 0 Å². The third-order valence-corrected chi connectivity index (χ3v) is 27.5. The SMILES string of the molecule is Cl.Cl.[CH2]=[Zr]([CH2]c1ccccc1Br)([CH2]c1ccccc1Br)([C]1=CC=CC1)[c]1cc(C(C)(C)C)cc2c1Cc1ccc(C(C)(C)C)cc1-2. The van der Waals surface area contributed by atoms with E-state index in [1.54, 1.807) is 6.55 Å². The molecule has 4 aromatic rings. The average Bonchev–Trinajstić information content (AvgIpc) is 3.63. The van der Waals surface area contributed by atoms with Gasteiger partial charge in [-0.2, -0.15) is 0 Å². The van der Waals surface area contributed by atoms with Crippen LogP contribution in [0.1, 0.15) is 81.3 Å². The van der Waals surface area contributed by atoms with Gasteiger partial charge in [0.05, 0.1) is 0 Å². The van der Waals surface area contributed by atoms with Gasteiger partial charge in [-0.3, -0.25) is 0 Å². The molecule has 0 spiro atoms. The Labute approximate surface area is 306 Å². The van der Waals surface area contributed by atoms with E-state index in [1.807, 2.05) is 0 Å². The van der Waals surface area contributed by atoms with Crippen LogP contribution in [0.15, 0.2) is 109 Å². The minimum absolute atomic E-state index is 0. The zero-order valence-corrected chi connectivity index (χ0v) is 35.1. The fraction of sp³-hybridized carbons (Fsp3) is 0.293. The summed E-state index contributed by atoms with van der Waals surface area (Å²) in [5.41, 5.74) is 11.5. The molecule has 2 aliphatic carbocycles. The second-order valence-electron chi connectivity index (χ2n) is 15.4. The number of rotatable bonds is 6. The third-order valence-electron chi connectivity index (χ3n) is 10.2. The van der Waals surface area contributed by atoms with Crippen LogP contribution in [0.5, 0.6) is 0 Å². The summed E-state index contributed by atoms with van der Waals surface area (Å²) in [7, 11) is 0. The van der Waals surface area contributed by atoms with E-state index in [0.717, 1.165) is 21.1 Å². The van der Waals surface area contributed by atoms with Gasteiger partial charge in [-0.25, -0.2) is 0 Å². The van der Waals surface area contributed by atoms with Crippen molar-refractivity contribution < 1.29 is 18.3 Å². The van der Waals surface area contributed by atoms with Gasteiger partial charge >= 0.3 is 285 Å². The van der Waals surface area contributed by atoms with Crippen LogP contribution in [0.4, 0.5) is 0 Å². The van der Waals surface area contributed by atoms with Crippen molar-refractivity contribution in [2.45, 2.75) is 73.5 Å². The van der Waals surface area contributed by atoms with Crippen LogP contribution in [0, 0.1) is 0 Å². The van der Waals surface area contributed by atoms with E-state index in [-0.39, 0.29) is 35.6 Å². The summed E-state index contributed by atoms with van der Waals surface area (Å²) >= 11 is 3.44. The molecule has 0 saturated heterocycles. The zero-order valence-electron chi connectivity index (χ0n) is 27.8. The number of allylic oxidation sites excluding steroid dienone is 4. The van der Waals surface area contributed by atoms with Crippen molar-refractivity contribution in [3.8, 4) is 11.1 Å². The number of benzene rings is 4. The molecule has 6 rings (SSSR count). The second-order valence-corrected chi connectivity index (χ2v) is 31.3. The van der Waals surface area contributed by atoms with Gasteiger partial charge < -0.3 is 0 Å². The van der Waals surface area contributed by atoms with E-state index in [9.17, 15) is 0 Å². The first-order chi connectivity index (χ1) is 20.7. The van der Waals surface area contributed by atoms with Crippen molar-refractivity contribution in [2.24, 2.45) is 0 Å². The Morgan fingerprint density at radius 3 is 1.74 bits per heavy atom. The fourth-order valence-electron chi connectivity index (χ4n) is 7.55. The van der Waals surface area contributed by atoms with Crippen molar-refractivity contribution in [1.29, 1.82) is 0 Å². The normalized spacial score (nSPS) is 14.2. The molecule has 0 nitrogen and oxygen atoms in total. The van der Waals surface area contributed by atoms with Crippen LogP contribution >= 0.6 is 56.7 Å². The quantitative estimate of drug-likeness (QED) is 0.160. The maximum absolute atomic E-state index is 5.71. The average molecular weight is 861 g/mol. The van der Waals surface area contributed by atoms with Gasteiger partial charge in [-0.05, 0) is 0 Å². The molecule has 0 bridgehead atoms. The first kappa shape index (κ1) is 37.5. The first-order valence-corrected chi connectivity index (χ1v) is 25.1. The Hall–Kier alpha value is -1.35. The summed E-state index contributed by atoms with van der Waals surface area (Å²) in [6.07, 6.45) is 9.04. The molecule has 0 aromatic heterocycles. The van der Waals surface area contributed by atoms with Gasteiger partial charge in [0.25, 0.3) is 0 Å². The molecule has 0 fully saturated rings. The number of halogens is 4. The van der Waals surface area contributed by atoms with Gasteiger partial charge in [0.15, 0.2) is 0 Å². The summed E-state index contributed by atoms with van der Waals surface area (Å²) < 4.78 is 13.2. The topological polar surface area (TPSA) is 0 Å². The Kier molecular flexibility index (Phi) is 11.0. The Balaban J connectivity index is 0.00000240. The molecule has 5 heteroatoms. The molecule has 4 aromatic carbocycles. The minimum atomic E-state index is -4.50. The first-order valence-electron chi connectivity index (χ1n) is 15.9. The van der Waals surface area contributed by atoms with Crippen LogP contribution in [-0.4, -0.2) is 4.21 Å². The Morgan fingerprint density at radius 2 is 1.24 bits per heavy atom. The second kappa shape index (κ2) is 13.5. The molecule has 46 heavy (non-hydrogen) atoms. The van der Waals surface area contributed by atoms with Gasteiger partial charge in [0.2, 0.25) is 0 Å². The Bertz CT molecular complexity index is 1870. The standard InChI is InChI=1S/C21H25.2C7H6Br.C5H5.CH2.2ClH.Zr/c1-20(2,3)16-9-7-14-11-15-8-10-17(21(4,5)6)13-19(15)18(14)12-16;2*1-6-4-2-3-5-7(6)8;1-2-4-5-3-1;;;;/h7,9-10,12-13H,11H2,1-6H3;2*2-5H,1H2;1-3H,4H2;1H2;2*1H;. The van der Waals surface area contributed by atoms with Gasteiger partial charge in [0, 0.05) is 0 Å². The van der Waals surface area contributed by atoms with Crippen molar-refractivity contribution in [1.82, 2.24) is 0 Å². The van der Waals surface area contributed by atoms with Crippen LogP contribution in [0.3, 0.4) is 0 Å². The number of hydrogen-bond acceptors (Lipinski definition) is 0. The van der Waals surface area contributed by atoms with Crippen LogP contribution < -0.4 is 3.27 Å². The van der Waals surface area contributed by atoms with E-state index in [0.29, 0.717) is 0 Å². The van der Waals surface area contributed by atoms with Crippen molar-refractivity contribution in [3.05, 3.63) is 143 Å². The molecule has 0 aliphatic heterocycles.